The van der Waals surface area contributed by atoms with Crippen molar-refractivity contribution < 1.29 is 19.5 Å². The van der Waals surface area contributed by atoms with Gasteiger partial charge in [0.25, 0.3) is 5.91 Å². The monoisotopic (exact) mass is 310 g/mol. The number of carbonyl (C=O) groups excluding carboxylic acids is 2. The van der Waals surface area contributed by atoms with Crippen molar-refractivity contribution >= 4 is 29.1 Å². The van der Waals surface area contributed by atoms with Crippen molar-refractivity contribution in [3.8, 4) is 0 Å². The zero-order valence-corrected chi connectivity index (χ0v) is 12.6. The maximum absolute atomic E-state index is 12.1. The van der Waals surface area contributed by atoms with Crippen LogP contribution in [0.2, 0.25) is 0 Å². The summed E-state index contributed by atoms with van der Waals surface area (Å²) in [6.07, 6.45) is 2.53. The lowest BCUT2D eigenvalue weighted by atomic mass is 9.88. The van der Waals surface area contributed by atoms with Gasteiger partial charge in [0, 0.05) is 16.7 Å². The Hall–Kier alpha value is -1.89. The van der Waals surface area contributed by atoms with E-state index in [1.807, 2.05) is 5.38 Å². The van der Waals surface area contributed by atoms with Crippen LogP contribution < -0.4 is 10.9 Å². The van der Waals surface area contributed by atoms with Crippen LogP contribution in [-0.2, 0) is 22.4 Å². The molecule has 21 heavy (non-hydrogen) atoms. The van der Waals surface area contributed by atoms with Crippen LogP contribution in [0.5, 0.6) is 0 Å². The number of aliphatic carboxylic acids is 1. The summed E-state index contributed by atoms with van der Waals surface area (Å²) in [5, 5.41) is 10.3. The van der Waals surface area contributed by atoms with Gasteiger partial charge in [-0.2, -0.15) is 0 Å². The lowest BCUT2D eigenvalue weighted by Gasteiger charge is -2.18. The first kappa shape index (κ1) is 15.5. The molecular weight excluding hydrogens is 292 g/mol. The summed E-state index contributed by atoms with van der Waals surface area (Å²) in [5.74, 6) is -1.26. The molecule has 1 atom stereocenters. The van der Waals surface area contributed by atoms with Crippen molar-refractivity contribution in [2.24, 2.45) is 5.92 Å². The van der Waals surface area contributed by atoms with Crippen LogP contribution in [0.15, 0.2) is 5.38 Å². The molecule has 1 unspecified atom stereocenters. The van der Waals surface area contributed by atoms with Crippen molar-refractivity contribution in [2.75, 3.05) is 0 Å². The maximum atomic E-state index is 12.1. The highest BCUT2D eigenvalue weighted by molar-refractivity contribution is 7.10. The van der Waals surface area contributed by atoms with Gasteiger partial charge in [0.15, 0.2) is 0 Å². The molecule has 0 aromatic carbocycles. The van der Waals surface area contributed by atoms with Crippen LogP contribution in [0, 0.1) is 5.92 Å². The molecule has 7 heteroatoms. The Morgan fingerprint density at radius 1 is 1.33 bits per heavy atom. The van der Waals surface area contributed by atoms with Gasteiger partial charge in [-0.3, -0.25) is 25.2 Å². The smallest absolute Gasteiger partial charge is 0.303 e. The molecular formula is C14H18N2O4S. The number of amides is 2. The molecule has 1 aliphatic carbocycles. The number of carboxylic acids is 1. The Kier molecular flexibility index (Phi) is 4.95. The summed E-state index contributed by atoms with van der Waals surface area (Å²) >= 11 is 1.58. The highest BCUT2D eigenvalue weighted by atomic mass is 32.1. The standard InChI is InChI=1S/C14H18N2O4S/c1-8-2-3-9-10(7-21-11(9)6-8)14(20)16-15-12(17)4-5-13(18)19/h7-8H,2-6H2,1H3,(H,15,17)(H,16,20)(H,18,19). The molecule has 0 saturated carbocycles. The molecule has 6 nitrogen and oxygen atoms in total. The van der Waals surface area contributed by atoms with E-state index in [0.29, 0.717) is 11.5 Å². The van der Waals surface area contributed by atoms with E-state index in [0.717, 1.165) is 24.8 Å². The van der Waals surface area contributed by atoms with Crippen LogP contribution in [-0.4, -0.2) is 22.9 Å². The number of thiophene rings is 1. The minimum absolute atomic E-state index is 0.158. The van der Waals surface area contributed by atoms with E-state index in [1.54, 1.807) is 11.3 Å². The average molecular weight is 310 g/mol. The van der Waals surface area contributed by atoms with Crippen molar-refractivity contribution in [1.29, 1.82) is 0 Å². The van der Waals surface area contributed by atoms with Gasteiger partial charge in [0.05, 0.1) is 12.0 Å². The topological polar surface area (TPSA) is 95.5 Å². The second kappa shape index (κ2) is 6.71. The van der Waals surface area contributed by atoms with Crippen molar-refractivity contribution in [1.82, 2.24) is 10.9 Å². The average Bonchev–Trinajstić information content (AvgIpc) is 2.85. The Morgan fingerprint density at radius 2 is 2.10 bits per heavy atom. The molecule has 1 aromatic rings. The van der Waals surface area contributed by atoms with Crippen LogP contribution in [0.1, 0.15) is 47.0 Å². The van der Waals surface area contributed by atoms with E-state index in [4.69, 9.17) is 5.11 Å². The Bertz CT molecular complexity index is 567. The highest BCUT2D eigenvalue weighted by Gasteiger charge is 2.23. The van der Waals surface area contributed by atoms with E-state index < -0.39 is 11.9 Å². The first-order valence-electron chi connectivity index (χ1n) is 6.87. The molecule has 1 aromatic heterocycles. The Labute approximate surface area is 126 Å². The number of carboxylic acid groups (broad SMARTS) is 1. The van der Waals surface area contributed by atoms with Gasteiger partial charge in [-0.05, 0) is 30.7 Å². The van der Waals surface area contributed by atoms with Gasteiger partial charge in [0.2, 0.25) is 5.91 Å². The molecule has 0 fully saturated rings. The molecule has 1 heterocycles. The zero-order valence-electron chi connectivity index (χ0n) is 11.8. The molecule has 2 amide bonds. The van der Waals surface area contributed by atoms with Crippen molar-refractivity contribution in [2.45, 2.75) is 39.0 Å². The fraction of sp³-hybridized carbons (Fsp3) is 0.500. The van der Waals surface area contributed by atoms with E-state index in [1.165, 1.54) is 4.88 Å². The summed E-state index contributed by atoms with van der Waals surface area (Å²) in [4.78, 5) is 35.0. The van der Waals surface area contributed by atoms with Gasteiger partial charge < -0.3 is 5.11 Å². The first-order valence-corrected chi connectivity index (χ1v) is 7.75. The molecule has 2 rings (SSSR count). The number of nitrogens with one attached hydrogen (secondary N) is 2. The SMILES string of the molecule is CC1CCc2c(C(=O)NNC(=O)CCC(=O)O)csc2C1. The minimum Gasteiger partial charge on any atom is -0.481 e. The second-order valence-corrected chi connectivity index (χ2v) is 6.26. The van der Waals surface area contributed by atoms with Gasteiger partial charge in [-0.15, -0.1) is 11.3 Å². The predicted molar refractivity (Wildman–Crippen MR) is 78.0 cm³/mol. The normalized spacial score (nSPS) is 16.9. The number of carbonyl (C=O) groups is 3. The largest absolute Gasteiger partial charge is 0.481 e. The number of hydrazine groups is 1. The fourth-order valence-electron chi connectivity index (χ4n) is 2.34. The first-order chi connectivity index (χ1) is 9.97. The summed E-state index contributed by atoms with van der Waals surface area (Å²) < 4.78 is 0. The van der Waals surface area contributed by atoms with Gasteiger partial charge >= 0.3 is 5.97 Å². The minimum atomic E-state index is -1.04. The molecule has 1 aliphatic rings. The molecule has 0 spiro atoms. The van der Waals surface area contributed by atoms with Crippen molar-refractivity contribution in [3.63, 3.8) is 0 Å². The summed E-state index contributed by atoms with van der Waals surface area (Å²) in [7, 11) is 0. The third-order valence-corrected chi connectivity index (χ3v) is 4.58. The molecule has 0 radical (unpaired) electrons. The predicted octanol–water partition coefficient (Wildman–Crippen LogP) is 1.50. The van der Waals surface area contributed by atoms with Crippen LogP contribution in [0.4, 0.5) is 0 Å². The Morgan fingerprint density at radius 3 is 2.81 bits per heavy atom. The third kappa shape index (κ3) is 4.04. The van der Waals surface area contributed by atoms with Gasteiger partial charge in [-0.25, -0.2) is 0 Å². The molecule has 0 aliphatic heterocycles. The van der Waals surface area contributed by atoms with E-state index in [9.17, 15) is 14.4 Å². The van der Waals surface area contributed by atoms with Crippen LogP contribution in [0.25, 0.3) is 0 Å². The van der Waals surface area contributed by atoms with Crippen LogP contribution >= 0.6 is 11.3 Å². The van der Waals surface area contributed by atoms with E-state index in [2.05, 4.69) is 17.8 Å². The lowest BCUT2D eigenvalue weighted by Crippen LogP contribution is -2.42. The van der Waals surface area contributed by atoms with Crippen LogP contribution in [0.3, 0.4) is 0 Å². The highest BCUT2D eigenvalue weighted by Crippen LogP contribution is 2.32. The van der Waals surface area contributed by atoms with Gasteiger partial charge in [0.1, 0.15) is 0 Å². The quantitative estimate of drug-likeness (QED) is 0.734. The number of fused-ring (bicyclic) bond motifs is 1. The fourth-order valence-corrected chi connectivity index (χ4v) is 3.59. The maximum Gasteiger partial charge on any atom is 0.303 e. The summed E-state index contributed by atoms with van der Waals surface area (Å²) in [5.41, 5.74) is 6.28. The van der Waals surface area contributed by atoms with E-state index >= 15 is 0 Å². The molecule has 3 N–H and O–H groups in total. The Balaban J connectivity index is 1.90. The summed E-state index contributed by atoms with van der Waals surface area (Å²) in [6.45, 7) is 2.20. The summed E-state index contributed by atoms with van der Waals surface area (Å²) in [6, 6.07) is 0. The van der Waals surface area contributed by atoms with Crippen molar-refractivity contribution in [3.05, 3.63) is 21.4 Å². The number of rotatable bonds is 4. The number of hydrogen-bond acceptors (Lipinski definition) is 4. The number of hydrogen-bond donors (Lipinski definition) is 3. The zero-order chi connectivity index (χ0) is 15.4. The third-order valence-electron chi connectivity index (χ3n) is 3.53. The lowest BCUT2D eigenvalue weighted by molar-refractivity contribution is -0.138. The molecule has 114 valence electrons. The van der Waals surface area contributed by atoms with Gasteiger partial charge in [-0.1, -0.05) is 6.92 Å². The molecule has 0 bridgehead atoms. The van der Waals surface area contributed by atoms with E-state index in [-0.39, 0.29) is 18.7 Å². The molecule has 0 saturated heterocycles. The second-order valence-electron chi connectivity index (χ2n) is 5.30.